The van der Waals surface area contributed by atoms with Gasteiger partial charge in [0.25, 0.3) is 0 Å². The van der Waals surface area contributed by atoms with Crippen molar-refractivity contribution in [1.29, 1.82) is 0 Å². The van der Waals surface area contributed by atoms with Crippen molar-refractivity contribution in [2.45, 2.75) is 27.2 Å². The summed E-state index contributed by atoms with van der Waals surface area (Å²) in [4.78, 5) is 20.5. The number of hydrogen-bond acceptors (Lipinski definition) is 2. The average molecular weight is 159 g/mol. The third kappa shape index (κ3) is 7.03. The van der Waals surface area contributed by atoms with Gasteiger partial charge in [0.15, 0.2) is 0 Å². The molecule has 0 aliphatic rings. The fourth-order valence-corrected chi connectivity index (χ4v) is 0.498. The smallest absolute Gasteiger partial charge is 0.223 e. The first-order chi connectivity index (χ1) is 5.22. The van der Waals surface area contributed by atoms with E-state index in [2.05, 4.69) is 5.32 Å². The van der Waals surface area contributed by atoms with E-state index in [-0.39, 0.29) is 11.8 Å². The zero-order valence-electron chi connectivity index (χ0n) is 7.68. The quantitative estimate of drug-likeness (QED) is 0.624. The Bertz CT molecular complexity index is 113. The second-order valence-electron chi connectivity index (χ2n) is 1.92. The molecule has 0 heterocycles. The van der Waals surface area contributed by atoms with E-state index in [0.29, 0.717) is 6.42 Å². The lowest BCUT2D eigenvalue weighted by atomic mass is 10.1. The molecule has 0 spiro atoms. The fraction of sp³-hybridized carbons (Fsp3) is 0.750. The molecule has 0 aromatic carbocycles. The highest BCUT2D eigenvalue weighted by molar-refractivity contribution is 5.80. The van der Waals surface area contributed by atoms with Crippen molar-refractivity contribution < 1.29 is 9.59 Å². The van der Waals surface area contributed by atoms with Gasteiger partial charge in [-0.2, -0.15) is 0 Å². The van der Waals surface area contributed by atoms with Crippen LogP contribution in [-0.2, 0) is 9.59 Å². The first kappa shape index (κ1) is 12.8. The van der Waals surface area contributed by atoms with Gasteiger partial charge in [-0.1, -0.05) is 20.8 Å². The highest BCUT2D eigenvalue weighted by Crippen LogP contribution is 1.96. The molecule has 0 aliphatic carbocycles. The van der Waals surface area contributed by atoms with Crippen LogP contribution in [0.25, 0.3) is 0 Å². The van der Waals surface area contributed by atoms with Crippen LogP contribution in [0, 0.1) is 5.92 Å². The van der Waals surface area contributed by atoms with Gasteiger partial charge >= 0.3 is 0 Å². The fourth-order valence-electron chi connectivity index (χ4n) is 0.498. The molecule has 1 amide bonds. The first-order valence-electron chi connectivity index (χ1n) is 3.87. The summed E-state index contributed by atoms with van der Waals surface area (Å²) in [7, 11) is 1.56. The van der Waals surface area contributed by atoms with Crippen LogP contribution in [0.3, 0.4) is 0 Å². The Hall–Kier alpha value is -0.860. The monoisotopic (exact) mass is 159 g/mol. The van der Waals surface area contributed by atoms with E-state index in [1.807, 2.05) is 13.8 Å². The maximum atomic E-state index is 10.6. The van der Waals surface area contributed by atoms with Gasteiger partial charge in [-0.15, -0.1) is 0 Å². The minimum atomic E-state index is -0.188. The summed E-state index contributed by atoms with van der Waals surface area (Å²) in [6.07, 6.45) is 1.06. The van der Waals surface area contributed by atoms with Crippen LogP contribution in [0.4, 0.5) is 0 Å². The number of nitrogens with one attached hydrogen (secondary N) is 1. The lowest BCUT2D eigenvalue weighted by molar-refractivity contribution is -0.125. The number of carbonyl (C=O) groups excluding carboxylic acids is 2. The summed E-state index contributed by atoms with van der Waals surface area (Å²) in [5, 5.41) is 2.45. The highest BCUT2D eigenvalue weighted by Gasteiger charge is 2.08. The van der Waals surface area contributed by atoms with Crippen molar-refractivity contribution in [3.8, 4) is 0 Å². The number of amides is 1. The van der Waals surface area contributed by atoms with Crippen LogP contribution in [0.5, 0.6) is 0 Å². The second kappa shape index (κ2) is 9.14. The predicted octanol–water partition coefficient (Wildman–Crippen LogP) is 0.984. The van der Waals surface area contributed by atoms with E-state index in [1.165, 1.54) is 0 Å². The molecule has 1 N–H and O–H groups in total. The number of hydrogen-bond donors (Lipinski definition) is 1. The molecule has 3 nitrogen and oxygen atoms in total. The molecule has 0 aromatic heterocycles. The zero-order chi connectivity index (χ0) is 9.28. The van der Waals surface area contributed by atoms with Crippen molar-refractivity contribution >= 4 is 12.2 Å². The summed E-state index contributed by atoms with van der Waals surface area (Å²) in [5.74, 6) is -0.269. The van der Waals surface area contributed by atoms with Gasteiger partial charge in [-0.3, -0.25) is 4.79 Å². The molecular formula is C8H17NO2. The third-order valence-electron chi connectivity index (χ3n) is 1.14. The zero-order valence-corrected chi connectivity index (χ0v) is 7.68. The van der Waals surface area contributed by atoms with Crippen LogP contribution in [0.1, 0.15) is 27.2 Å². The van der Waals surface area contributed by atoms with Crippen LogP contribution in [-0.4, -0.2) is 19.2 Å². The molecule has 0 saturated heterocycles. The number of carbonyl (C=O) groups is 2. The maximum absolute atomic E-state index is 10.6. The first-order valence-corrected chi connectivity index (χ1v) is 3.87. The van der Waals surface area contributed by atoms with Crippen molar-refractivity contribution in [3.05, 3.63) is 0 Å². The van der Waals surface area contributed by atoms with E-state index in [4.69, 9.17) is 0 Å². The van der Waals surface area contributed by atoms with Gasteiger partial charge < -0.3 is 10.1 Å². The van der Waals surface area contributed by atoms with Crippen molar-refractivity contribution in [2.75, 3.05) is 7.05 Å². The number of aldehydes is 1. The Morgan fingerprint density at radius 2 is 2.00 bits per heavy atom. The second-order valence-corrected chi connectivity index (χ2v) is 1.92. The molecule has 0 aromatic rings. The van der Waals surface area contributed by atoms with E-state index >= 15 is 0 Å². The Morgan fingerprint density at radius 3 is 2.27 bits per heavy atom. The summed E-state index contributed by atoms with van der Waals surface area (Å²) in [6, 6.07) is 0. The van der Waals surface area contributed by atoms with E-state index in [0.717, 1.165) is 6.29 Å². The molecule has 0 radical (unpaired) electrons. The molecule has 0 aliphatic heterocycles. The van der Waals surface area contributed by atoms with Crippen LogP contribution < -0.4 is 5.32 Å². The maximum Gasteiger partial charge on any atom is 0.223 e. The lowest BCUT2D eigenvalue weighted by Gasteiger charge is -2.03. The standard InChI is InChI=1S/C6H11NO2.C2H6/c1-5(3-4-8)6(9)7-2;1-2/h4-5H,3H2,1-2H3,(H,7,9);1-2H3. The SMILES string of the molecule is CC.CNC(=O)C(C)CC=O. The normalized spacial score (nSPS) is 10.5. The molecule has 1 unspecified atom stereocenters. The van der Waals surface area contributed by atoms with E-state index in [1.54, 1.807) is 14.0 Å². The van der Waals surface area contributed by atoms with Gasteiger partial charge in [0.05, 0.1) is 0 Å². The van der Waals surface area contributed by atoms with Crippen LogP contribution in [0.2, 0.25) is 0 Å². The van der Waals surface area contributed by atoms with Gasteiger partial charge in [-0.25, -0.2) is 0 Å². The lowest BCUT2D eigenvalue weighted by Crippen LogP contribution is -2.25. The Morgan fingerprint density at radius 1 is 1.55 bits per heavy atom. The number of rotatable bonds is 3. The van der Waals surface area contributed by atoms with E-state index in [9.17, 15) is 9.59 Å². The molecule has 1 atom stereocenters. The highest BCUT2D eigenvalue weighted by atomic mass is 16.2. The Kier molecular flexibility index (Phi) is 10.6. The molecule has 0 saturated carbocycles. The van der Waals surface area contributed by atoms with Crippen molar-refractivity contribution in [3.63, 3.8) is 0 Å². The van der Waals surface area contributed by atoms with Crippen LogP contribution >= 0.6 is 0 Å². The summed E-state index contributed by atoms with van der Waals surface area (Å²) in [5.41, 5.74) is 0. The Labute approximate surface area is 68.2 Å². The third-order valence-corrected chi connectivity index (χ3v) is 1.14. The molecule has 3 heteroatoms. The van der Waals surface area contributed by atoms with Gasteiger partial charge in [0, 0.05) is 19.4 Å². The van der Waals surface area contributed by atoms with E-state index < -0.39 is 0 Å². The topological polar surface area (TPSA) is 46.2 Å². The average Bonchev–Trinajstić information content (AvgIpc) is 2.07. The molecule has 0 fully saturated rings. The van der Waals surface area contributed by atoms with Crippen LogP contribution in [0.15, 0.2) is 0 Å². The predicted molar refractivity (Wildman–Crippen MR) is 45.3 cm³/mol. The van der Waals surface area contributed by atoms with Crippen molar-refractivity contribution in [2.24, 2.45) is 5.92 Å². The molecular weight excluding hydrogens is 142 g/mol. The van der Waals surface area contributed by atoms with Crippen molar-refractivity contribution in [1.82, 2.24) is 5.32 Å². The largest absolute Gasteiger partial charge is 0.359 e. The summed E-state index contributed by atoms with van der Waals surface area (Å²) < 4.78 is 0. The Balaban J connectivity index is 0. The minimum Gasteiger partial charge on any atom is -0.359 e. The van der Waals surface area contributed by atoms with Gasteiger partial charge in [0.1, 0.15) is 6.29 Å². The molecule has 0 rings (SSSR count). The van der Waals surface area contributed by atoms with Gasteiger partial charge in [-0.05, 0) is 0 Å². The summed E-state index contributed by atoms with van der Waals surface area (Å²) in [6.45, 7) is 5.72. The minimum absolute atomic E-state index is 0.0814. The molecule has 0 bridgehead atoms. The summed E-state index contributed by atoms with van der Waals surface area (Å²) >= 11 is 0. The molecule has 11 heavy (non-hydrogen) atoms. The molecule has 66 valence electrons. The van der Waals surface area contributed by atoms with Gasteiger partial charge in [0.2, 0.25) is 5.91 Å².